The lowest BCUT2D eigenvalue weighted by molar-refractivity contribution is 0.00555. The third-order valence-electron chi connectivity index (χ3n) is 1.77. The molecule has 1 heterocycles. The summed E-state index contributed by atoms with van der Waals surface area (Å²) in [7, 11) is 2.09. The van der Waals surface area contributed by atoms with Gasteiger partial charge in [-0.2, -0.15) is 0 Å². The first-order valence-corrected chi connectivity index (χ1v) is 3.37. The first kappa shape index (κ1) is 6.99. The fourth-order valence-electron chi connectivity index (χ4n) is 1.23. The molecular weight excluding hydrogens is 116 g/mol. The molecule has 0 aliphatic carbocycles. The van der Waals surface area contributed by atoms with Crippen LogP contribution >= 0.6 is 0 Å². The van der Waals surface area contributed by atoms with Crippen LogP contribution in [0.4, 0.5) is 0 Å². The summed E-state index contributed by atoms with van der Waals surface area (Å²) < 4.78 is 0. The van der Waals surface area contributed by atoms with Crippen molar-refractivity contribution in [1.29, 1.82) is 0 Å². The number of rotatable bonds is 1. The average molecular weight is 130 g/mol. The molecule has 1 saturated heterocycles. The van der Waals surface area contributed by atoms with Gasteiger partial charge < -0.3 is 4.90 Å². The summed E-state index contributed by atoms with van der Waals surface area (Å²) in [5, 5.41) is 0. The second-order valence-electron chi connectivity index (χ2n) is 2.66. The van der Waals surface area contributed by atoms with Gasteiger partial charge in [0.15, 0.2) is 0 Å². The number of likely N-dealkylation sites (N-methyl/N-ethyl adjacent to an activating group) is 1. The molecule has 3 nitrogen and oxygen atoms in total. The Bertz CT molecular complexity index is 87.1. The molecule has 0 saturated carbocycles. The van der Waals surface area contributed by atoms with Crippen LogP contribution in [0, 0.1) is 0 Å². The number of nitrogens with zero attached hydrogens (tertiary/aromatic N) is 1. The van der Waals surface area contributed by atoms with E-state index in [1.807, 2.05) is 0 Å². The average Bonchev–Trinajstić information content (AvgIpc) is 1.88. The minimum absolute atomic E-state index is 0.267. The molecule has 0 amide bonds. The van der Waals surface area contributed by atoms with E-state index in [9.17, 15) is 0 Å². The van der Waals surface area contributed by atoms with Crippen molar-refractivity contribution in [1.82, 2.24) is 4.90 Å². The Morgan fingerprint density at radius 3 is 2.89 bits per heavy atom. The third kappa shape index (κ3) is 1.93. The van der Waals surface area contributed by atoms with Gasteiger partial charge in [-0.25, -0.2) is 5.90 Å². The number of hydrogen-bond donors (Lipinski definition) is 1. The van der Waals surface area contributed by atoms with Crippen molar-refractivity contribution in [3.8, 4) is 0 Å². The van der Waals surface area contributed by atoms with Crippen LogP contribution in [0.1, 0.15) is 12.8 Å². The first-order valence-electron chi connectivity index (χ1n) is 3.37. The summed E-state index contributed by atoms with van der Waals surface area (Å²) in [5.74, 6) is 5.04. The quantitative estimate of drug-likeness (QED) is 0.507. The van der Waals surface area contributed by atoms with Gasteiger partial charge in [-0.05, 0) is 26.4 Å². The van der Waals surface area contributed by atoms with Crippen molar-refractivity contribution < 1.29 is 4.84 Å². The minimum atomic E-state index is 0.267. The Kier molecular flexibility index (Phi) is 2.45. The molecule has 3 heteroatoms. The third-order valence-corrected chi connectivity index (χ3v) is 1.77. The number of hydrogen-bond acceptors (Lipinski definition) is 3. The summed E-state index contributed by atoms with van der Waals surface area (Å²) in [4.78, 5) is 6.96. The Morgan fingerprint density at radius 2 is 2.44 bits per heavy atom. The molecule has 0 aromatic carbocycles. The largest absolute Gasteiger partial charge is 0.304 e. The normalized spacial score (nSPS) is 30.7. The maximum Gasteiger partial charge on any atom is 0.0914 e. The standard InChI is InChI=1S/C6H14N2O/c1-8-4-2-3-6(5-8)9-7/h6H,2-5,7H2,1H3. The van der Waals surface area contributed by atoms with Crippen molar-refractivity contribution in [2.24, 2.45) is 5.90 Å². The predicted molar refractivity (Wildman–Crippen MR) is 35.8 cm³/mol. The number of likely N-dealkylation sites (tertiary alicyclic amines) is 1. The van der Waals surface area contributed by atoms with Crippen LogP contribution < -0.4 is 5.90 Å². The molecule has 2 N–H and O–H groups in total. The van der Waals surface area contributed by atoms with Crippen LogP contribution in [-0.2, 0) is 4.84 Å². The molecule has 9 heavy (non-hydrogen) atoms. The fourth-order valence-corrected chi connectivity index (χ4v) is 1.23. The van der Waals surface area contributed by atoms with E-state index in [0.717, 1.165) is 13.0 Å². The van der Waals surface area contributed by atoms with Crippen LogP contribution in [0.25, 0.3) is 0 Å². The second kappa shape index (κ2) is 3.15. The predicted octanol–water partition coefficient (Wildman–Crippen LogP) is -0.0291. The monoisotopic (exact) mass is 130 g/mol. The lowest BCUT2D eigenvalue weighted by atomic mass is 10.1. The highest BCUT2D eigenvalue weighted by Crippen LogP contribution is 2.08. The molecule has 1 aliphatic heterocycles. The van der Waals surface area contributed by atoms with Crippen LogP contribution in [0.3, 0.4) is 0 Å². The molecule has 1 aliphatic rings. The van der Waals surface area contributed by atoms with Crippen molar-refractivity contribution in [3.05, 3.63) is 0 Å². The highest BCUT2D eigenvalue weighted by Gasteiger charge is 2.15. The molecule has 1 atom stereocenters. The fraction of sp³-hybridized carbons (Fsp3) is 1.00. The van der Waals surface area contributed by atoms with E-state index in [1.165, 1.54) is 13.0 Å². The Balaban J connectivity index is 2.23. The van der Waals surface area contributed by atoms with Gasteiger partial charge in [0.05, 0.1) is 6.10 Å². The van der Waals surface area contributed by atoms with Gasteiger partial charge in [0, 0.05) is 6.54 Å². The van der Waals surface area contributed by atoms with E-state index >= 15 is 0 Å². The van der Waals surface area contributed by atoms with E-state index in [0.29, 0.717) is 0 Å². The molecule has 1 rings (SSSR count). The molecule has 0 aromatic heterocycles. The zero-order chi connectivity index (χ0) is 6.69. The smallest absolute Gasteiger partial charge is 0.0914 e. The molecule has 0 aromatic rings. The topological polar surface area (TPSA) is 38.5 Å². The van der Waals surface area contributed by atoms with Crippen LogP contribution in [0.2, 0.25) is 0 Å². The molecular formula is C6H14N2O. The van der Waals surface area contributed by atoms with E-state index in [1.54, 1.807) is 0 Å². The SMILES string of the molecule is CN1CCCC(ON)C1. The van der Waals surface area contributed by atoms with E-state index < -0.39 is 0 Å². The van der Waals surface area contributed by atoms with Crippen molar-refractivity contribution in [2.75, 3.05) is 20.1 Å². The van der Waals surface area contributed by atoms with Crippen molar-refractivity contribution in [2.45, 2.75) is 18.9 Å². The van der Waals surface area contributed by atoms with Gasteiger partial charge in [0.25, 0.3) is 0 Å². The lowest BCUT2D eigenvalue weighted by Gasteiger charge is -2.27. The molecule has 54 valence electrons. The summed E-state index contributed by atoms with van der Waals surface area (Å²) in [6, 6.07) is 0. The molecule has 0 spiro atoms. The second-order valence-corrected chi connectivity index (χ2v) is 2.66. The summed E-state index contributed by atoms with van der Waals surface area (Å²) in [5.41, 5.74) is 0. The number of nitrogens with two attached hydrogens (primary N) is 1. The maximum absolute atomic E-state index is 5.04. The van der Waals surface area contributed by atoms with Gasteiger partial charge in [0.1, 0.15) is 0 Å². The summed E-state index contributed by atoms with van der Waals surface area (Å²) in [6.45, 7) is 2.16. The van der Waals surface area contributed by atoms with E-state index in [-0.39, 0.29) is 6.10 Å². The van der Waals surface area contributed by atoms with Crippen molar-refractivity contribution in [3.63, 3.8) is 0 Å². The van der Waals surface area contributed by atoms with Crippen molar-refractivity contribution >= 4 is 0 Å². The summed E-state index contributed by atoms with van der Waals surface area (Å²) in [6.07, 6.45) is 2.59. The van der Waals surface area contributed by atoms with Gasteiger partial charge in [-0.3, -0.25) is 4.84 Å². The van der Waals surface area contributed by atoms with Gasteiger partial charge in [-0.15, -0.1) is 0 Å². The van der Waals surface area contributed by atoms with Gasteiger partial charge in [0.2, 0.25) is 0 Å². The Labute approximate surface area is 55.7 Å². The Hall–Kier alpha value is -0.120. The van der Waals surface area contributed by atoms with Gasteiger partial charge in [-0.1, -0.05) is 0 Å². The summed E-state index contributed by atoms with van der Waals surface area (Å²) >= 11 is 0. The van der Waals surface area contributed by atoms with Gasteiger partial charge >= 0.3 is 0 Å². The lowest BCUT2D eigenvalue weighted by Crippen LogP contribution is -2.38. The van der Waals surface area contributed by atoms with Crippen LogP contribution in [0.15, 0.2) is 0 Å². The van der Waals surface area contributed by atoms with E-state index in [2.05, 4.69) is 11.9 Å². The highest BCUT2D eigenvalue weighted by atomic mass is 16.6. The van der Waals surface area contributed by atoms with E-state index in [4.69, 9.17) is 10.7 Å². The van der Waals surface area contributed by atoms with Crippen LogP contribution in [0.5, 0.6) is 0 Å². The molecule has 1 fully saturated rings. The first-order chi connectivity index (χ1) is 4.33. The highest BCUT2D eigenvalue weighted by molar-refractivity contribution is 4.69. The molecule has 0 radical (unpaired) electrons. The zero-order valence-electron chi connectivity index (χ0n) is 5.84. The zero-order valence-corrected chi connectivity index (χ0v) is 5.84. The molecule has 1 unspecified atom stereocenters. The minimum Gasteiger partial charge on any atom is -0.304 e. The number of piperidine rings is 1. The molecule has 0 bridgehead atoms. The van der Waals surface area contributed by atoms with Crippen LogP contribution in [-0.4, -0.2) is 31.1 Å². The maximum atomic E-state index is 5.04. The Morgan fingerprint density at radius 1 is 1.67 bits per heavy atom.